The number of H-pyrrole nitrogens is 1. The topological polar surface area (TPSA) is 78.0 Å². The van der Waals surface area contributed by atoms with Crippen molar-refractivity contribution in [1.82, 2.24) is 15.3 Å². The molecule has 0 spiro atoms. The van der Waals surface area contributed by atoms with Gasteiger partial charge in [0, 0.05) is 11.6 Å². The van der Waals surface area contributed by atoms with Crippen LogP contribution in [-0.2, 0) is 6.54 Å². The molecule has 0 saturated heterocycles. The maximum absolute atomic E-state index is 13.7. The molecule has 1 aromatic carbocycles. The van der Waals surface area contributed by atoms with Crippen LogP contribution < -0.4 is 10.9 Å². The number of hydrogen-bond acceptors (Lipinski definition) is 4. The lowest BCUT2D eigenvalue weighted by Crippen LogP contribution is -2.21. The quantitative estimate of drug-likeness (QED) is 0.791. The fourth-order valence-corrected chi connectivity index (χ4v) is 2.03. The van der Waals surface area contributed by atoms with Crippen molar-refractivity contribution in [3.8, 4) is 17.0 Å². The van der Waals surface area contributed by atoms with Crippen molar-refractivity contribution in [2.75, 3.05) is 0 Å². The third-order valence-electron chi connectivity index (χ3n) is 3.23. The first-order valence-corrected chi connectivity index (χ1v) is 6.45. The van der Waals surface area contributed by atoms with Crippen molar-refractivity contribution >= 4 is 0 Å². The molecule has 1 heterocycles. The summed E-state index contributed by atoms with van der Waals surface area (Å²) < 4.78 is 13.7. The lowest BCUT2D eigenvalue weighted by Gasteiger charge is -2.07. The fourth-order valence-electron chi connectivity index (χ4n) is 2.03. The van der Waals surface area contributed by atoms with Crippen LogP contribution in [0.2, 0.25) is 0 Å². The van der Waals surface area contributed by atoms with Crippen LogP contribution in [0.5, 0.6) is 5.88 Å². The molecule has 2 aromatic rings. The first-order valence-electron chi connectivity index (χ1n) is 6.45. The zero-order valence-electron chi connectivity index (χ0n) is 10.7. The van der Waals surface area contributed by atoms with Crippen molar-refractivity contribution in [3.63, 3.8) is 0 Å². The zero-order chi connectivity index (χ0) is 14.1. The molecule has 104 valence electrons. The summed E-state index contributed by atoms with van der Waals surface area (Å²) in [4.78, 5) is 18.5. The van der Waals surface area contributed by atoms with Crippen molar-refractivity contribution in [2.45, 2.75) is 25.4 Å². The molecule has 0 amide bonds. The predicted molar refractivity (Wildman–Crippen MR) is 71.8 cm³/mol. The number of aromatic hydroxyl groups is 1. The Labute approximate surface area is 114 Å². The van der Waals surface area contributed by atoms with E-state index in [1.165, 1.54) is 18.2 Å². The van der Waals surface area contributed by atoms with Gasteiger partial charge in [0.2, 0.25) is 5.88 Å². The van der Waals surface area contributed by atoms with Gasteiger partial charge in [-0.1, -0.05) is 18.2 Å². The Balaban J connectivity index is 1.96. The normalized spacial score (nSPS) is 14.4. The van der Waals surface area contributed by atoms with Crippen LogP contribution in [0.4, 0.5) is 4.39 Å². The van der Waals surface area contributed by atoms with Gasteiger partial charge in [-0.15, -0.1) is 0 Å². The average Bonchev–Trinajstić information content (AvgIpc) is 3.22. The standard InChI is InChI=1S/C14H14FN3O2/c15-10-4-2-1-3-9(10)12-13(19)17-11(18-14(12)20)7-16-8-5-6-8/h1-4,8,16H,5-7H2,(H2,17,18,19,20). The Hall–Kier alpha value is -2.21. The first-order chi connectivity index (χ1) is 9.65. The van der Waals surface area contributed by atoms with Gasteiger partial charge in [0.1, 0.15) is 17.2 Å². The molecule has 0 bridgehead atoms. The maximum Gasteiger partial charge on any atom is 0.262 e. The maximum atomic E-state index is 13.7. The van der Waals surface area contributed by atoms with Crippen molar-refractivity contribution in [2.24, 2.45) is 0 Å². The van der Waals surface area contributed by atoms with E-state index in [0.29, 0.717) is 18.4 Å². The number of hydrogen-bond donors (Lipinski definition) is 3. The molecule has 3 N–H and O–H groups in total. The molecular weight excluding hydrogens is 261 g/mol. The largest absolute Gasteiger partial charge is 0.493 e. The van der Waals surface area contributed by atoms with Crippen LogP contribution in [0.15, 0.2) is 29.1 Å². The first kappa shape index (κ1) is 12.8. The van der Waals surface area contributed by atoms with E-state index in [0.717, 1.165) is 12.8 Å². The van der Waals surface area contributed by atoms with Gasteiger partial charge in [-0.05, 0) is 18.9 Å². The number of aromatic nitrogens is 2. The van der Waals surface area contributed by atoms with Gasteiger partial charge in [-0.3, -0.25) is 4.79 Å². The minimum absolute atomic E-state index is 0.0421. The molecular formula is C14H14FN3O2. The molecule has 0 aliphatic heterocycles. The molecule has 20 heavy (non-hydrogen) atoms. The van der Waals surface area contributed by atoms with Gasteiger partial charge in [0.25, 0.3) is 5.56 Å². The van der Waals surface area contributed by atoms with E-state index in [2.05, 4.69) is 15.3 Å². The van der Waals surface area contributed by atoms with Gasteiger partial charge in [0.05, 0.1) is 6.54 Å². The molecule has 0 unspecified atom stereocenters. The highest BCUT2D eigenvalue weighted by Crippen LogP contribution is 2.25. The van der Waals surface area contributed by atoms with Crippen molar-refractivity contribution < 1.29 is 9.50 Å². The summed E-state index contributed by atoms with van der Waals surface area (Å²) in [7, 11) is 0. The molecule has 1 aliphatic carbocycles. The fraction of sp³-hybridized carbons (Fsp3) is 0.286. The zero-order valence-corrected chi connectivity index (χ0v) is 10.7. The molecule has 6 heteroatoms. The van der Waals surface area contributed by atoms with Crippen LogP contribution in [0.3, 0.4) is 0 Å². The van der Waals surface area contributed by atoms with E-state index in [9.17, 15) is 14.3 Å². The second kappa shape index (κ2) is 5.05. The molecule has 1 fully saturated rings. The Morgan fingerprint density at radius 2 is 2.15 bits per heavy atom. The number of aromatic amines is 1. The van der Waals surface area contributed by atoms with Crippen molar-refractivity contribution in [1.29, 1.82) is 0 Å². The highest BCUT2D eigenvalue weighted by Gasteiger charge is 2.21. The molecule has 1 aliphatic rings. The Kier molecular flexibility index (Phi) is 3.23. The third-order valence-corrected chi connectivity index (χ3v) is 3.23. The molecule has 1 saturated carbocycles. The molecule has 5 nitrogen and oxygen atoms in total. The highest BCUT2D eigenvalue weighted by molar-refractivity contribution is 5.67. The summed E-state index contributed by atoms with van der Waals surface area (Å²) in [6.45, 7) is 0.380. The predicted octanol–water partition coefficient (Wildman–Crippen LogP) is 1.53. The number of benzene rings is 1. The van der Waals surface area contributed by atoms with Crippen LogP contribution in [0.1, 0.15) is 18.7 Å². The minimum atomic E-state index is -0.570. The van der Waals surface area contributed by atoms with Gasteiger partial charge in [-0.2, -0.15) is 4.98 Å². The van der Waals surface area contributed by atoms with Crippen LogP contribution in [0, 0.1) is 5.82 Å². The molecule has 0 radical (unpaired) electrons. The van der Waals surface area contributed by atoms with Crippen LogP contribution >= 0.6 is 0 Å². The summed E-state index contributed by atoms with van der Waals surface area (Å²) in [6.07, 6.45) is 2.23. The van der Waals surface area contributed by atoms with E-state index in [4.69, 9.17) is 0 Å². The van der Waals surface area contributed by atoms with Crippen LogP contribution in [-0.4, -0.2) is 21.1 Å². The minimum Gasteiger partial charge on any atom is -0.493 e. The van der Waals surface area contributed by atoms with Gasteiger partial charge in [-0.25, -0.2) is 4.39 Å². The highest BCUT2D eigenvalue weighted by atomic mass is 19.1. The van der Waals surface area contributed by atoms with Gasteiger partial charge < -0.3 is 15.4 Å². The summed E-state index contributed by atoms with van der Waals surface area (Å²) in [5, 5.41) is 13.1. The summed E-state index contributed by atoms with van der Waals surface area (Å²) >= 11 is 0. The van der Waals surface area contributed by atoms with E-state index in [1.54, 1.807) is 6.07 Å². The summed E-state index contributed by atoms with van der Waals surface area (Å²) in [6, 6.07) is 6.25. The van der Waals surface area contributed by atoms with Crippen LogP contribution in [0.25, 0.3) is 11.1 Å². The number of nitrogens with zero attached hydrogens (tertiary/aromatic N) is 1. The second-order valence-electron chi connectivity index (χ2n) is 4.85. The number of halogens is 1. The Bertz CT molecular complexity index is 695. The Morgan fingerprint density at radius 3 is 2.80 bits per heavy atom. The smallest absolute Gasteiger partial charge is 0.262 e. The molecule has 0 atom stereocenters. The van der Waals surface area contributed by atoms with Gasteiger partial charge in [0.15, 0.2) is 0 Å². The lowest BCUT2D eigenvalue weighted by molar-refractivity contribution is 0.447. The van der Waals surface area contributed by atoms with E-state index in [-0.39, 0.29) is 11.1 Å². The summed E-state index contributed by atoms with van der Waals surface area (Å²) in [5.74, 6) is -0.676. The lowest BCUT2D eigenvalue weighted by atomic mass is 10.1. The summed E-state index contributed by atoms with van der Waals surface area (Å²) in [5.41, 5.74) is -0.645. The molecule has 3 rings (SSSR count). The molecule has 1 aromatic heterocycles. The number of nitrogens with one attached hydrogen (secondary N) is 2. The Morgan fingerprint density at radius 1 is 1.40 bits per heavy atom. The number of rotatable bonds is 4. The average molecular weight is 275 g/mol. The second-order valence-corrected chi connectivity index (χ2v) is 4.85. The third kappa shape index (κ3) is 2.55. The monoisotopic (exact) mass is 275 g/mol. The van der Waals surface area contributed by atoms with Gasteiger partial charge >= 0.3 is 0 Å². The van der Waals surface area contributed by atoms with Crippen molar-refractivity contribution in [3.05, 3.63) is 46.3 Å². The SMILES string of the molecule is O=c1[nH]c(CNC2CC2)nc(O)c1-c1ccccc1F. The van der Waals surface area contributed by atoms with E-state index >= 15 is 0 Å². The van der Waals surface area contributed by atoms with E-state index < -0.39 is 17.3 Å². The van der Waals surface area contributed by atoms with E-state index in [1.807, 2.05) is 0 Å².